The van der Waals surface area contributed by atoms with Gasteiger partial charge in [-0.15, -0.1) is 0 Å². The first-order valence-electron chi connectivity index (χ1n) is 5.74. The molecule has 0 aromatic heterocycles. The molecule has 0 radical (unpaired) electrons. The van der Waals surface area contributed by atoms with E-state index in [1.807, 2.05) is 6.07 Å². The van der Waals surface area contributed by atoms with E-state index >= 15 is 0 Å². The van der Waals surface area contributed by atoms with Gasteiger partial charge in [0.05, 0.1) is 0 Å². The van der Waals surface area contributed by atoms with E-state index in [0.717, 1.165) is 16.3 Å². The highest BCUT2D eigenvalue weighted by molar-refractivity contribution is 6.31. The largest absolute Gasteiger partial charge is 0.398 e. The Balaban J connectivity index is 2.30. The van der Waals surface area contributed by atoms with Crippen LogP contribution in [0.15, 0.2) is 12.1 Å². The van der Waals surface area contributed by atoms with E-state index in [4.69, 9.17) is 17.3 Å². The van der Waals surface area contributed by atoms with Crippen molar-refractivity contribution >= 4 is 17.3 Å². The Morgan fingerprint density at radius 2 is 1.87 bits per heavy atom. The normalized spacial score (nSPS) is 18.0. The zero-order chi connectivity index (χ0) is 10.8. The predicted molar refractivity (Wildman–Crippen MR) is 66.4 cm³/mol. The van der Waals surface area contributed by atoms with Crippen LogP contribution in [-0.4, -0.2) is 0 Å². The van der Waals surface area contributed by atoms with Gasteiger partial charge in [0.25, 0.3) is 0 Å². The first-order chi connectivity index (χ1) is 7.18. The molecule has 0 bridgehead atoms. The molecule has 2 N–H and O–H groups in total. The highest BCUT2D eigenvalue weighted by atomic mass is 35.5. The second-order valence-corrected chi connectivity index (χ2v) is 4.97. The Hall–Kier alpha value is -0.690. The molecule has 15 heavy (non-hydrogen) atoms. The highest BCUT2D eigenvalue weighted by Crippen LogP contribution is 2.37. The maximum Gasteiger partial charge on any atom is 0.0461 e. The number of halogens is 1. The van der Waals surface area contributed by atoms with Crippen LogP contribution in [0.5, 0.6) is 0 Å². The fourth-order valence-corrected chi connectivity index (χ4v) is 2.77. The summed E-state index contributed by atoms with van der Waals surface area (Å²) < 4.78 is 0. The van der Waals surface area contributed by atoms with Crippen molar-refractivity contribution in [1.82, 2.24) is 0 Å². The van der Waals surface area contributed by atoms with Crippen LogP contribution in [-0.2, 0) is 0 Å². The molecule has 1 aromatic rings. The van der Waals surface area contributed by atoms with Crippen molar-refractivity contribution in [3.63, 3.8) is 0 Å². The summed E-state index contributed by atoms with van der Waals surface area (Å²) in [7, 11) is 0. The lowest BCUT2D eigenvalue weighted by Crippen LogP contribution is -2.06. The van der Waals surface area contributed by atoms with Crippen LogP contribution < -0.4 is 5.73 Å². The summed E-state index contributed by atoms with van der Waals surface area (Å²) in [5.74, 6) is 0.658. The van der Waals surface area contributed by atoms with Gasteiger partial charge in [-0.3, -0.25) is 0 Å². The zero-order valence-electron chi connectivity index (χ0n) is 9.22. The third kappa shape index (κ3) is 2.28. The van der Waals surface area contributed by atoms with Crippen LogP contribution in [0.1, 0.15) is 49.1 Å². The third-order valence-electron chi connectivity index (χ3n) is 3.43. The Morgan fingerprint density at radius 1 is 1.20 bits per heavy atom. The Bertz CT molecular complexity index is 354. The average Bonchev–Trinajstić information content (AvgIpc) is 2.25. The number of anilines is 1. The molecule has 0 spiro atoms. The lowest BCUT2D eigenvalue weighted by molar-refractivity contribution is 0.443. The number of rotatable bonds is 1. The maximum absolute atomic E-state index is 6.25. The molecule has 0 heterocycles. The molecule has 1 fully saturated rings. The number of hydrogen-bond acceptors (Lipinski definition) is 1. The van der Waals surface area contributed by atoms with E-state index in [2.05, 4.69) is 13.0 Å². The smallest absolute Gasteiger partial charge is 0.0461 e. The minimum absolute atomic E-state index is 0.658. The topological polar surface area (TPSA) is 26.0 Å². The van der Waals surface area contributed by atoms with Crippen LogP contribution in [0.3, 0.4) is 0 Å². The molecule has 1 saturated carbocycles. The van der Waals surface area contributed by atoms with Gasteiger partial charge in [-0.25, -0.2) is 0 Å². The standard InChI is InChI=1S/C13H18ClN/c1-9-7-11(12(14)8-13(9)15)10-5-3-2-4-6-10/h7-8,10H,2-6,15H2,1H3. The summed E-state index contributed by atoms with van der Waals surface area (Å²) in [5, 5.41) is 0.852. The van der Waals surface area contributed by atoms with E-state index in [9.17, 15) is 0 Å². The Kier molecular flexibility index (Phi) is 3.20. The second-order valence-electron chi connectivity index (χ2n) is 4.57. The van der Waals surface area contributed by atoms with Gasteiger partial charge in [-0.2, -0.15) is 0 Å². The minimum atomic E-state index is 0.658. The summed E-state index contributed by atoms with van der Waals surface area (Å²) in [4.78, 5) is 0. The fourth-order valence-electron chi connectivity index (χ4n) is 2.45. The zero-order valence-corrected chi connectivity index (χ0v) is 9.98. The maximum atomic E-state index is 6.25. The molecule has 0 atom stereocenters. The molecular weight excluding hydrogens is 206 g/mol. The molecule has 1 aliphatic carbocycles. The Labute approximate surface area is 96.6 Å². The van der Waals surface area contributed by atoms with Crippen molar-refractivity contribution < 1.29 is 0 Å². The molecule has 2 heteroatoms. The van der Waals surface area contributed by atoms with Crippen molar-refractivity contribution in [3.8, 4) is 0 Å². The molecular formula is C13H18ClN. The first kappa shape index (κ1) is 10.8. The minimum Gasteiger partial charge on any atom is -0.398 e. The van der Waals surface area contributed by atoms with Crippen LogP contribution in [0.4, 0.5) is 5.69 Å². The van der Waals surface area contributed by atoms with E-state index in [-0.39, 0.29) is 0 Å². The van der Waals surface area contributed by atoms with Gasteiger partial charge in [-0.05, 0) is 42.9 Å². The number of benzene rings is 1. The first-order valence-corrected chi connectivity index (χ1v) is 6.12. The van der Waals surface area contributed by atoms with Crippen molar-refractivity contribution in [1.29, 1.82) is 0 Å². The van der Waals surface area contributed by atoms with Crippen molar-refractivity contribution in [3.05, 3.63) is 28.3 Å². The van der Waals surface area contributed by atoms with Gasteiger partial charge in [0, 0.05) is 10.7 Å². The SMILES string of the molecule is Cc1cc(C2CCCCC2)c(Cl)cc1N. The Morgan fingerprint density at radius 3 is 2.53 bits per heavy atom. The molecule has 82 valence electrons. The summed E-state index contributed by atoms with van der Waals surface area (Å²) in [6.07, 6.45) is 6.61. The highest BCUT2D eigenvalue weighted by Gasteiger charge is 2.18. The third-order valence-corrected chi connectivity index (χ3v) is 3.76. The van der Waals surface area contributed by atoms with Crippen LogP contribution in [0.2, 0.25) is 5.02 Å². The van der Waals surface area contributed by atoms with E-state index in [1.54, 1.807) is 0 Å². The molecule has 1 nitrogen and oxygen atoms in total. The summed E-state index contributed by atoms with van der Waals surface area (Å²) >= 11 is 6.25. The second kappa shape index (κ2) is 4.44. The number of nitrogens with two attached hydrogens (primary N) is 1. The molecule has 0 saturated heterocycles. The van der Waals surface area contributed by atoms with Crippen LogP contribution >= 0.6 is 11.6 Å². The fraction of sp³-hybridized carbons (Fsp3) is 0.538. The van der Waals surface area contributed by atoms with Gasteiger partial charge < -0.3 is 5.73 Å². The molecule has 0 aliphatic heterocycles. The monoisotopic (exact) mass is 223 g/mol. The van der Waals surface area contributed by atoms with Gasteiger partial charge in [-0.1, -0.05) is 36.9 Å². The summed E-state index contributed by atoms with van der Waals surface area (Å²) in [5.41, 5.74) is 9.10. The van der Waals surface area contributed by atoms with E-state index in [1.165, 1.54) is 37.7 Å². The average molecular weight is 224 g/mol. The van der Waals surface area contributed by atoms with Gasteiger partial charge in [0.2, 0.25) is 0 Å². The van der Waals surface area contributed by atoms with E-state index < -0.39 is 0 Å². The molecule has 0 unspecified atom stereocenters. The van der Waals surface area contributed by atoms with Gasteiger partial charge >= 0.3 is 0 Å². The molecule has 2 rings (SSSR count). The molecule has 0 amide bonds. The summed E-state index contributed by atoms with van der Waals surface area (Å²) in [6, 6.07) is 4.08. The predicted octanol–water partition coefficient (Wildman–Crippen LogP) is 4.28. The van der Waals surface area contributed by atoms with Crippen molar-refractivity contribution in [2.45, 2.75) is 44.9 Å². The molecule has 1 aliphatic rings. The van der Waals surface area contributed by atoms with Crippen LogP contribution in [0.25, 0.3) is 0 Å². The van der Waals surface area contributed by atoms with Crippen molar-refractivity contribution in [2.75, 3.05) is 5.73 Å². The van der Waals surface area contributed by atoms with Crippen molar-refractivity contribution in [2.24, 2.45) is 0 Å². The lowest BCUT2D eigenvalue weighted by Gasteiger charge is -2.23. The lowest BCUT2D eigenvalue weighted by atomic mass is 9.83. The molecule has 1 aromatic carbocycles. The number of nitrogen functional groups attached to an aromatic ring is 1. The summed E-state index contributed by atoms with van der Waals surface area (Å²) in [6.45, 7) is 2.05. The number of hydrogen-bond donors (Lipinski definition) is 1. The van der Waals surface area contributed by atoms with Crippen LogP contribution in [0, 0.1) is 6.92 Å². The van der Waals surface area contributed by atoms with Gasteiger partial charge in [0.15, 0.2) is 0 Å². The quantitative estimate of drug-likeness (QED) is 0.707. The van der Waals surface area contributed by atoms with E-state index in [0.29, 0.717) is 5.92 Å². The number of aryl methyl sites for hydroxylation is 1. The van der Waals surface area contributed by atoms with Gasteiger partial charge in [0.1, 0.15) is 0 Å².